The van der Waals surface area contributed by atoms with E-state index in [9.17, 15) is 8.78 Å². The van der Waals surface area contributed by atoms with Crippen LogP contribution in [0.25, 0.3) is 11.2 Å². The fourth-order valence-corrected chi connectivity index (χ4v) is 3.39. The summed E-state index contributed by atoms with van der Waals surface area (Å²) < 4.78 is 35.2. The second-order valence-electron chi connectivity index (χ2n) is 6.86. The summed E-state index contributed by atoms with van der Waals surface area (Å²) in [6.07, 6.45) is 2.45. The molecule has 0 saturated carbocycles. The van der Waals surface area contributed by atoms with Crippen molar-refractivity contribution in [3.05, 3.63) is 35.0 Å². The van der Waals surface area contributed by atoms with Crippen molar-refractivity contribution in [3.63, 3.8) is 0 Å². The Labute approximate surface area is 165 Å². The van der Waals surface area contributed by atoms with Crippen LogP contribution >= 0.6 is 11.6 Å². The lowest BCUT2D eigenvalue weighted by atomic mass is 9.98. The summed E-state index contributed by atoms with van der Waals surface area (Å²) in [5, 5.41) is 5.99. The number of halogens is 3. The topological polar surface area (TPSA) is 76.9 Å². The van der Waals surface area contributed by atoms with Gasteiger partial charge >= 0.3 is 0 Å². The van der Waals surface area contributed by atoms with Crippen LogP contribution in [-0.2, 0) is 11.8 Å². The maximum absolute atomic E-state index is 14.1. The predicted molar refractivity (Wildman–Crippen MR) is 103 cm³/mol. The summed E-state index contributed by atoms with van der Waals surface area (Å²) in [6.45, 7) is 3.50. The highest BCUT2D eigenvalue weighted by Crippen LogP contribution is 2.28. The average molecular weight is 409 g/mol. The molecule has 2 atom stereocenters. The summed E-state index contributed by atoms with van der Waals surface area (Å²) in [6, 6.07) is 2.29. The van der Waals surface area contributed by atoms with E-state index in [0.29, 0.717) is 36.2 Å². The third kappa shape index (κ3) is 3.59. The Balaban J connectivity index is 1.62. The van der Waals surface area contributed by atoms with Gasteiger partial charge in [0.15, 0.2) is 17.3 Å². The molecule has 1 aliphatic rings. The Morgan fingerprint density at radius 2 is 2.00 bits per heavy atom. The van der Waals surface area contributed by atoms with Crippen LogP contribution in [0.5, 0.6) is 0 Å². The zero-order chi connectivity index (χ0) is 19.8. The van der Waals surface area contributed by atoms with Gasteiger partial charge in [0, 0.05) is 24.7 Å². The molecule has 3 aromatic rings. The molecule has 0 amide bonds. The number of aryl methyl sites for hydroxylation is 1. The molecule has 10 heteroatoms. The van der Waals surface area contributed by atoms with Crippen molar-refractivity contribution in [2.24, 2.45) is 13.0 Å². The molecule has 148 valence electrons. The zero-order valence-corrected chi connectivity index (χ0v) is 16.1. The first-order valence-corrected chi connectivity index (χ1v) is 9.25. The number of hydrogen-bond donors (Lipinski definition) is 2. The summed E-state index contributed by atoms with van der Waals surface area (Å²) in [5.41, 5.74) is 0.713. The van der Waals surface area contributed by atoms with Gasteiger partial charge in [0.25, 0.3) is 0 Å². The van der Waals surface area contributed by atoms with E-state index < -0.39 is 11.6 Å². The van der Waals surface area contributed by atoms with E-state index in [-0.39, 0.29) is 22.7 Å². The molecule has 1 aliphatic heterocycles. The van der Waals surface area contributed by atoms with Gasteiger partial charge in [-0.05, 0) is 24.5 Å². The fraction of sp³-hybridized carbons (Fsp3) is 0.389. The first-order chi connectivity index (χ1) is 13.4. The summed E-state index contributed by atoms with van der Waals surface area (Å²) in [7, 11) is 1.71. The maximum Gasteiger partial charge on any atom is 0.224 e. The van der Waals surface area contributed by atoms with Gasteiger partial charge < -0.3 is 15.4 Å². The number of imidazole rings is 1. The lowest BCUT2D eigenvalue weighted by Crippen LogP contribution is -2.36. The molecule has 0 unspecified atom stereocenters. The van der Waals surface area contributed by atoms with Gasteiger partial charge in [-0.1, -0.05) is 18.5 Å². The van der Waals surface area contributed by atoms with Gasteiger partial charge in [-0.3, -0.25) is 4.57 Å². The van der Waals surface area contributed by atoms with Crippen LogP contribution in [0.3, 0.4) is 0 Å². The predicted octanol–water partition coefficient (Wildman–Crippen LogP) is 3.88. The molecule has 1 aromatic carbocycles. The standard InChI is InChI=1S/C18H19ClF2N6O/c1-9-8-28-4-3-13(9)23-17-22-7-14-16(26-17)27(2)18(24-14)25-15-11(20)5-10(19)6-12(15)21/h5-7,9,13H,3-4,8H2,1-2H3,(H,24,25)(H,22,23,26)/t9-,13+/m1/s1. The third-order valence-electron chi connectivity index (χ3n) is 4.81. The number of rotatable bonds is 4. The average Bonchev–Trinajstić information content (AvgIpc) is 2.96. The number of anilines is 3. The molecule has 2 N–H and O–H groups in total. The number of nitrogens with zero attached hydrogens (tertiary/aromatic N) is 4. The lowest BCUT2D eigenvalue weighted by Gasteiger charge is -2.29. The molecule has 0 spiro atoms. The molecular formula is C18H19ClF2N6O. The van der Waals surface area contributed by atoms with Gasteiger partial charge in [0.05, 0.1) is 12.8 Å². The van der Waals surface area contributed by atoms with Crippen molar-refractivity contribution in [1.82, 2.24) is 19.5 Å². The molecule has 0 radical (unpaired) electrons. The first-order valence-electron chi connectivity index (χ1n) is 8.87. The molecule has 7 nitrogen and oxygen atoms in total. The molecule has 1 fully saturated rings. The highest BCUT2D eigenvalue weighted by molar-refractivity contribution is 6.30. The second kappa shape index (κ2) is 7.48. The Kier molecular flexibility index (Phi) is 5.03. The number of hydrogen-bond acceptors (Lipinski definition) is 6. The maximum atomic E-state index is 14.1. The minimum absolute atomic E-state index is 0.0190. The van der Waals surface area contributed by atoms with Crippen molar-refractivity contribution < 1.29 is 13.5 Å². The van der Waals surface area contributed by atoms with E-state index in [1.54, 1.807) is 17.8 Å². The summed E-state index contributed by atoms with van der Waals surface area (Å²) in [5.74, 6) is -0.559. The quantitative estimate of drug-likeness (QED) is 0.682. The number of ether oxygens (including phenoxy) is 1. The van der Waals surface area contributed by atoms with Crippen molar-refractivity contribution in [3.8, 4) is 0 Å². The fourth-order valence-electron chi connectivity index (χ4n) is 3.20. The number of fused-ring (bicyclic) bond motifs is 1. The SMILES string of the molecule is C[C@@H]1COCC[C@@H]1Nc1ncc2nc(Nc3c(F)cc(Cl)cc3F)n(C)c2n1. The van der Waals surface area contributed by atoms with Gasteiger partial charge in [0.2, 0.25) is 11.9 Å². The minimum atomic E-state index is -0.806. The highest BCUT2D eigenvalue weighted by Gasteiger charge is 2.23. The van der Waals surface area contributed by atoms with Crippen LogP contribution in [0, 0.1) is 17.6 Å². The Bertz CT molecular complexity index is 1000. The lowest BCUT2D eigenvalue weighted by molar-refractivity contribution is 0.0536. The first kappa shape index (κ1) is 18.8. The number of aromatic nitrogens is 4. The van der Waals surface area contributed by atoms with E-state index in [1.807, 2.05) is 0 Å². The van der Waals surface area contributed by atoms with Crippen molar-refractivity contribution >= 4 is 40.3 Å². The normalized spacial score (nSPS) is 19.8. The van der Waals surface area contributed by atoms with Crippen LogP contribution in [-0.4, -0.2) is 38.8 Å². The van der Waals surface area contributed by atoms with E-state index in [2.05, 4.69) is 32.5 Å². The summed E-state index contributed by atoms with van der Waals surface area (Å²) >= 11 is 5.67. The molecule has 0 aliphatic carbocycles. The Morgan fingerprint density at radius 3 is 2.71 bits per heavy atom. The van der Waals surface area contributed by atoms with Crippen LogP contribution < -0.4 is 10.6 Å². The highest BCUT2D eigenvalue weighted by atomic mass is 35.5. The molecular weight excluding hydrogens is 390 g/mol. The van der Waals surface area contributed by atoms with Crippen LogP contribution in [0.4, 0.5) is 26.4 Å². The minimum Gasteiger partial charge on any atom is -0.381 e. The van der Waals surface area contributed by atoms with Crippen molar-refractivity contribution in [2.45, 2.75) is 19.4 Å². The van der Waals surface area contributed by atoms with Crippen LogP contribution in [0.1, 0.15) is 13.3 Å². The molecule has 28 heavy (non-hydrogen) atoms. The van der Waals surface area contributed by atoms with E-state index in [0.717, 1.165) is 18.6 Å². The van der Waals surface area contributed by atoms with Gasteiger partial charge in [-0.15, -0.1) is 0 Å². The van der Waals surface area contributed by atoms with Crippen LogP contribution in [0.15, 0.2) is 18.3 Å². The third-order valence-corrected chi connectivity index (χ3v) is 5.03. The Morgan fingerprint density at radius 1 is 1.25 bits per heavy atom. The van der Waals surface area contributed by atoms with Gasteiger partial charge in [-0.25, -0.2) is 18.7 Å². The monoisotopic (exact) mass is 408 g/mol. The molecule has 4 rings (SSSR count). The second-order valence-corrected chi connectivity index (χ2v) is 7.29. The molecule has 3 heterocycles. The van der Waals surface area contributed by atoms with Gasteiger partial charge in [-0.2, -0.15) is 4.98 Å². The van der Waals surface area contributed by atoms with Crippen LogP contribution in [0.2, 0.25) is 5.02 Å². The Hall–Kier alpha value is -2.52. The largest absolute Gasteiger partial charge is 0.381 e. The molecule has 0 bridgehead atoms. The van der Waals surface area contributed by atoms with E-state index in [4.69, 9.17) is 16.3 Å². The van der Waals surface area contributed by atoms with Gasteiger partial charge in [0.1, 0.15) is 11.2 Å². The van der Waals surface area contributed by atoms with E-state index >= 15 is 0 Å². The van der Waals surface area contributed by atoms with E-state index in [1.165, 1.54) is 0 Å². The molecule has 2 aromatic heterocycles. The number of benzene rings is 1. The number of nitrogens with one attached hydrogen (secondary N) is 2. The van der Waals surface area contributed by atoms with Crippen molar-refractivity contribution in [1.29, 1.82) is 0 Å². The summed E-state index contributed by atoms with van der Waals surface area (Å²) in [4.78, 5) is 13.2. The van der Waals surface area contributed by atoms with Crippen molar-refractivity contribution in [2.75, 3.05) is 23.8 Å². The molecule has 1 saturated heterocycles. The smallest absolute Gasteiger partial charge is 0.224 e. The zero-order valence-electron chi connectivity index (χ0n) is 15.3.